The second-order valence-corrected chi connectivity index (χ2v) is 9.07. The lowest BCUT2D eigenvalue weighted by Crippen LogP contribution is -2.25. The highest BCUT2D eigenvalue weighted by atomic mass is 32.2. The number of hydrogen-bond acceptors (Lipinski definition) is 6. The monoisotopic (exact) mass is 489 g/mol. The molecule has 1 heterocycles. The van der Waals surface area contributed by atoms with Crippen LogP contribution < -0.4 is 5.32 Å². The molecular formula is C25H20FN5O3S. The number of amides is 1. The molecule has 35 heavy (non-hydrogen) atoms. The first kappa shape index (κ1) is 22.7. The van der Waals surface area contributed by atoms with Crippen molar-refractivity contribution in [3.63, 3.8) is 0 Å². The fourth-order valence-electron chi connectivity index (χ4n) is 3.53. The summed E-state index contributed by atoms with van der Waals surface area (Å²) in [6, 6.07) is 19.8. The molecule has 1 aliphatic carbocycles. The van der Waals surface area contributed by atoms with E-state index in [0.717, 1.165) is 18.4 Å². The molecule has 1 fully saturated rings. The number of carbonyl (C=O) groups is 1. The minimum atomic E-state index is -0.479. The van der Waals surface area contributed by atoms with Gasteiger partial charge in [0.05, 0.1) is 10.6 Å². The van der Waals surface area contributed by atoms with E-state index in [1.165, 1.54) is 30.0 Å². The summed E-state index contributed by atoms with van der Waals surface area (Å²) in [5.74, 6) is 0.388. The van der Waals surface area contributed by atoms with Crippen molar-refractivity contribution < 1.29 is 14.1 Å². The molecule has 0 saturated heterocycles. The summed E-state index contributed by atoms with van der Waals surface area (Å²) in [6.45, 7) is 0. The van der Waals surface area contributed by atoms with E-state index in [4.69, 9.17) is 0 Å². The molecule has 0 spiro atoms. The van der Waals surface area contributed by atoms with Gasteiger partial charge < -0.3 is 5.32 Å². The van der Waals surface area contributed by atoms with Crippen molar-refractivity contribution in [2.24, 2.45) is 0 Å². The van der Waals surface area contributed by atoms with Crippen LogP contribution >= 0.6 is 11.8 Å². The van der Waals surface area contributed by atoms with Crippen LogP contribution in [0.2, 0.25) is 0 Å². The van der Waals surface area contributed by atoms with E-state index < -0.39 is 10.7 Å². The molecule has 1 N–H and O–H groups in total. The summed E-state index contributed by atoms with van der Waals surface area (Å²) in [7, 11) is 0. The Morgan fingerprint density at radius 2 is 1.77 bits per heavy atom. The predicted molar refractivity (Wildman–Crippen MR) is 130 cm³/mol. The van der Waals surface area contributed by atoms with Gasteiger partial charge in [-0.05, 0) is 54.8 Å². The molecule has 0 atom stereocenters. The van der Waals surface area contributed by atoms with Crippen molar-refractivity contribution in [3.05, 3.63) is 99.9 Å². The Kier molecular flexibility index (Phi) is 6.28. The topological polar surface area (TPSA) is 103 Å². The van der Waals surface area contributed by atoms with E-state index >= 15 is 0 Å². The average Bonchev–Trinajstić information content (AvgIpc) is 3.59. The normalized spacial score (nSPS) is 12.9. The summed E-state index contributed by atoms with van der Waals surface area (Å²) < 4.78 is 16.4. The maximum absolute atomic E-state index is 14.8. The van der Waals surface area contributed by atoms with Gasteiger partial charge in [0.1, 0.15) is 5.82 Å². The number of hydrogen-bond donors (Lipinski definition) is 1. The molecule has 176 valence electrons. The minimum Gasteiger partial charge on any atom is -0.349 e. The van der Waals surface area contributed by atoms with Crippen molar-refractivity contribution in [1.29, 1.82) is 0 Å². The van der Waals surface area contributed by atoms with Gasteiger partial charge in [0.15, 0.2) is 11.0 Å². The number of aromatic nitrogens is 3. The Hall–Kier alpha value is -4.05. The van der Waals surface area contributed by atoms with E-state index in [0.29, 0.717) is 33.9 Å². The Labute approximate surface area is 204 Å². The molecule has 0 aliphatic heterocycles. The number of nitro benzene ring substituents is 1. The van der Waals surface area contributed by atoms with Gasteiger partial charge in [-0.25, -0.2) is 4.39 Å². The number of nitrogens with one attached hydrogen (secondary N) is 1. The van der Waals surface area contributed by atoms with Crippen LogP contribution in [0.3, 0.4) is 0 Å². The molecule has 4 aromatic rings. The number of rotatable bonds is 8. The molecule has 1 amide bonds. The highest BCUT2D eigenvalue weighted by Crippen LogP contribution is 2.31. The first-order valence-electron chi connectivity index (χ1n) is 11.0. The van der Waals surface area contributed by atoms with Crippen molar-refractivity contribution in [3.8, 4) is 17.1 Å². The smallest absolute Gasteiger partial charge is 0.269 e. The molecule has 0 radical (unpaired) electrons. The molecule has 5 rings (SSSR count). The Balaban J connectivity index is 1.41. The quantitative estimate of drug-likeness (QED) is 0.208. The number of para-hydroxylation sites is 1. The number of nitro groups is 1. The largest absolute Gasteiger partial charge is 0.349 e. The molecular weight excluding hydrogens is 469 g/mol. The molecule has 8 nitrogen and oxygen atoms in total. The standard InChI is InChI=1S/C25H20FN5O3S/c26-21-3-1-2-4-22(21)30-23(17-9-13-20(14-10-17)31(33)34)28-29-25(30)35-15-16-5-7-18(8-6-16)24(32)27-19-11-12-19/h1-10,13-14,19H,11-12,15H2,(H,27,32). The average molecular weight is 490 g/mol. The van der Waals surface area contributed by atoms with Crippen molar-refractivity contribution >= 4 is 23.4 Å². The van der Waals surface area contributed by atoms with Gasteiger partial charge >= 0.3 is 0 Å². The number of non-ortho nitro benzene ring substituents is 1. The van der Waals surface area contributed by atoms with E-state index in [9.17, 15) is 19.3 Å². The summed E-state index contributed by atoms with van der Waals surface area (Å²) in [6.07, 6.45) is 2.07. The molecule has 10 heteroatoms. The van der Waals surface area contributed by atoms with E-state index in [1.807, 2.05) is 12.1 Å². The predicted octanol–water partition coefficient (Wildman–Crippen LogP) is 5.17. The zero-order valence-electron chi connectivity index (χ0n) is 18.4. The van der Waals surface area contributed by atoms with Crippen LogP contribution in [0.4, 0.5) is 10.1 Å². The zero-order valence-corrected chi connectivity index (χ0v) is 19.2. The van der Waals surface area contributed by atoms with Crippen LogP contribution in [0.25, 0.3) is 17.1 Å². The molecule has 1 saturated carbocycles. The van der Waals surface area contributed by atoms with Crippen LogP contribution in [-0.4, -0.2) is 31.6 Å². The summed E-state index contributed by atoms with van der Waals surface area (Å²) in [5.41, 5.74) is 2.39. The third-order valence-corrected chi connectivity index (χ3v) is 6.56. The lowest BCUT2D eigenvalue weighted by Gasteiger charge is -2.11. The summed E-state index contributed by atoms with van der Waals surface area (Å²) in [5, 5.41) is 23.0. The van der Waals surface area contributed by atoms with Gasteiger partial charge in [0.2, 0.25) is 0 Å². The first-order valence-corrected chi connectivity index (χ1v) is 12.0. The van der Waals surface area contributed by atoms with Crippen LogP contribution in [0.1, 0.15) is 28.8 Å². The van der Waals surface area contributed by atoms with E-state index in [-0.39, 0.29) is 17.3 Å². The van der Waals surface area contributed by atoms with Gasteiger partial charge in [-0.3, -0.25) is 19.5 Å². The fraction of sp³-hybridized carbons (Fsp3) is 0.160. The third-order valence-electron chi connectivity index (χ3n) is 5.56. The van der Waals surface area contributed by atoms with Crippen molar-refractivity contribution in [2.75, 3.05) is 0 Å². The molecule has 0 bridgehead atoms. The van der Waals surface area contributed by atoms with Gasteiger partial charge in [0.25, 0.3) is 11.6 Å². The third kappa shape index (κ3) is 5.07. The molecule has 0 unspecified atom stereocenters. The van der Waals surface area contributed by atoms with Gasteiger partial charge in [-0.2, -0.15) is 0 Å². The van der Waals surface area contributed by atoms with E-state index in [1.54, 1.807) is 47.0 Å². The van der Waals surface area contributed by atoms with Crippen LogP contribution in [0, 0.1) is 15.9 Å². The highest BCUT2D eigenvalue weighted by molar-refractivity contribution is 7.98. The highest BCUT2D eigenvalue weighted by Gasteiger charge is 2.24. The maximum atomic E-state index is 14.8. The first-order chi connectivity index (χ1) is 17.0. The zero-order chi connectivity index (χ0) is 24.4. The maximum Gasteiger partial charge on any atom is 0.269 e. The number of carbonyl (C=O) groups excluding carboxylic acids is 1. The van der Waals surface area contributed by atoms with Crippen LogP contribution in [0.15, 0.2) is 78.0 Å². The second-order valence-electron chi connectivity index (χ2n) is 8.13. The number of halogens is 1. The Bertz CT molecular complexity index is 1390. The van der Waals surface area contributed by atoms with Gasteiger partial charge in [0, 0.05) is 35.1 Å². The minimum absolute atomic E-state index is 0.0467. The Morgan fingerprint density at radius 3 is 2.43 bits per heavy atom. The van der Waals surface area contributed by atoms with Gasteiger partial charge in [-0.15, -0.1) is 10.2 Å². The SMILES string of the molecule is O=C(NC1CC1)c1ccc(CSc2nnc(-c3ccc([N+](=O)[O-])cc3)n2-c2ccccc2F)cc1. The second kappa shape index (κ2) is 9.67. The van der Waals surface area contributed by atoms with Crippen molar-refractivity contribution in [1.82, 2.24) is 20.1 Å². The van der Waals surface area contributed by atoms with Crippen LogP contribution in [-0.2, 0) is 5.75 Å². The van der Waals surface area contributed by atoms with Crippen molar-refractivity contribution in [2.45, 2.75) is 29.8 Å². The van der Waals surface area contributed by atoms with E-state index in [2.05, 4.69) is 15.5 Å². The number of nitrogens with zero attached hydrogens (tertiary/aromatic N) is 4. The molecule has 1 aromatic heterocycles. The lowest BCUT2D eigenvalue weighted by atomic mass is 10.1. The summed E-state index contributed by atoms with van der Waals surface area (Å²) >= 11 is 1.38. The van der Waals surface area contributed by atoms with Gasteiger partial charge in [-0.1, -0.05) is 36.0 Å². The number of benzene rings is 3. The fourth-order valence-corrected chi connectivity index (χ4v) is 4.43. The number of thioether (sulfide) groups is 1. The van der Waals surface area contributed by atoms with Crippen LogP contribution in [0.5, 0.6) is 0 Å². The Morgan fingerprint density at radius 1 is 1.06 bits per heavy atom. The molecule has 1 aliphatic rings. The lowest BCUT2D eigenvalue weighted by molar-refractivity contribution is -0.384. The summed E-state index contributed by atoms with van der Waals surface area (Å²) in [4.78, 5) is 22.7. The molecule has 3 aromatic carbocycles.